The van der Waals surface area contributed by atoms with Gasteiger partial charge in [0.15, 0.2) is 11.5 Å². The Kier molecular flexibility index (Phi) is 9.26. The summed E-state index contributed by atoms with van der Waals surface area (Å²) in [4.78, 5) is 0. The van der Waals surface area contributed by atoms with Crippen molar-refractivity contribution in [1.82, 2.24) is 10.3 Å². The predicted molar refractivity (Wildman–Crippen MR) is 182 cm³/mol. The van der Waals surface area contributed by atoms with Crippen molar-refractivity contribution >= 4 is 11.4 Å². The van der Waals surface area contributed by atoms with Crippen molar-refractivity contribution in [3.8, 4) is 34.0 Å². The van der Waals surface area contributed by atoms with Gasteiger partial charge in [0.25, 0.3) is 0 Å². The van der Waals surface area contributed by atoms with Gasteiger partial charge in [-0.15, -0.1) is 0 Å². The van der Waals surface area contributed by atoms with E-state index in [2.05, 4.69) is 20.9 Å². The molecule has 0 saturated carbocycles. The first-order valence-corrected chi connectivity index (χ1v) is 15.5. The highest BCUT2D eigenvalue weighted by atomic mass is 16.5. The second-order valence-corrected chi connectivity index (χ2v) is 11.9. The molecule has 0 atom stereocenters. The molecule has 0 aliphatic rings. The Morgan fingerprint density at radius 2 is 0.915 bits per heavy atom. The lowest BCUT2D eigenvalue weighted by Crippen LogP contribution is -2.00. The lowest BCUT2D eigenvalue weighted by Gasteiger charge is -2.10. The number of ether oxygens (including phenoxy) is 1. The topological polar surface area (TPSA) is 126 Å². The molecule has 6 aromatic rings. The van der Waals surface area contributed by atoms with Crippen molar-refractivity contribution in [2.24, 2.45) is 0 Å². The SMILES string of the molecule is Cc1cc(CNc2ccc(-c3cc(COCc4cc(-c5ccc(NCc6cc(C)c(O)c(C)c6)cc5)no4)on3)cc2)cc(C)c1O. The molecule has 0 bridgehead atoms. The van der Waals surface area contributed by atoms with Crippen molar-refractivity contribution in [3.05, 3.63) is 130 Å². The molecule has 0 saturated heterocycles. The van der Waals surface area contributed by atoms with E-state index in [0.717, 1.165) is 67.3 Å². The van der Waals surface area contributed by atoms with Crippen LogP contribution in [0.25, 0.3) is 22.5 Å². The van der Waals surface area contributed by atoms with Gasteiger partial charge in [-0.3, -0.25) is 0 Å². The normalized spacial score (nSPS) is 11.1. The van der Waals surface area contributed by atoms with Crippen molar-refractivity contribution in [2.45, 2.75) is 54.0 Å². The molecule has 6 rings (SSSR count). The molecular weight excluding hydrogens is 592 g/mol. The van der Waals surface area contributed by atoms with E-state index in [1.165, 1.54) is 0 Å². The Bertz CT molecular complexity index is 1790. The Balaban J connectivity index is 0.964. The summed E-state index contributed by atoms with van der Waals surface area (Å²) in [5.41, 5.74) is 11.0. The van der Waals surface area contributed by atoms with E-state index >= 15 is 0 Å². The van der Waals surface area contributed by atoms with E-state index in [1.807, 2.05) is 113 Å². The number of aryl methyl sites for hydroxylation is 4. The Morgan fingerprint density at radius 3 is 1.28 bits per heavy atom. The zero-order valence-electron chi connectivity index (χ0n) is 26.9. The highest BCUT2D eigenvalue weighted by Gasteiger charge is 2.11. The summed E-state index contributed by atoms with van der Waals surface area (Å²) in [5.74, 6) is 1.92. The number of phenols is 2. The Hall–Kier alpha value is -5.54. The lowest BCUT2D eigenvalue weighted by atomic mass is 10.1. The summed E-state index contributed by atoms with van der Waals surface area (Å²) in [6.07, 6.45) is 0. The molecule has 9 heteroatoms. The average molecular weight is 631 g/mol. The Labute approximate surface area is 273 Å². The van der Waals surface area contributed by atoms with Crippen molar-refractivity contribution in [3.63, 3.8) is 0 Å². The number of anilines is 2. The van der Waals surface area contributed by atoms with Crippen molar-refractivity contribution < 1.29 is 24.0 Å². The number of hydrogen-bond acceptors (Lipinski definition) is 9. The zero-order chi connectivity index (χ0) is 32.9. The molecule has 0 unspecified atom stereocenters. The summed E-state index contributed by atoms with van der Waals surface area (Å²) < 4.78 is 16.8. The second kappa shape index (κ2) is 13.8. The number of aromatic nitrogens is 2. The van der Waals surface area contributed by atoms with E-state index in [0.29, 0.717) is 36.1 Å². The first-order chi connectivity index (χ1) is 22.7. The van der Waals surface area contributed by atoms with Gasteiger partial charge < -0.3 is 34.6 Å². The summed E-state index contributed by atoms with van der Waals surface area (Å²) in [6.45, 7) is 9.44. The fourth-order valence-corrected chi connectivity index (χ4v) is 5.51. The maximum atomic E-state index is 10.0. The van der Waals surface area contributed by atoms with Crippen LogP contribution in [-0.2, 0) is 31.0 Å². The number of hydrogen-bond donors (Lipinski definition) is 4. The molecule has 4 aromatic carbocycles. The molecule has 0 aliphatic carbocycles. The number of phenolic OH excluding ortho intramolecular Hbond substituents is 2. The monoisotopic (exact) mass is 630 g/mol. The highest BCUT2D eigenvalue weighted by Crippen LogP contribution is 2.27. The van der Waals surface area contributed by atoms with Gasteiger partial charge in [-0.2, -0.15) is 0 Å². The minimum atomic E-state index is 0.245. The van der Waals surface area contributed by atoms with Gasteiger partial charge in [-0.1, -0.05) is 58.8 Å². The standard InChI is InChI=1S/C38H38N4O5/c1-23-13-27(14-24(2)37(23)43)19-39-31-9-5-29(6-10-31)35-17-33(46-41-35)21-45-22-34-18-36(42-47-34)30-7-11-32(12-8-30)40-20-28-15-25(3)38(44)26(4)16-28/h5-18,39-40,43-44H,19-22H2,1-4H3. The molecule has 0 amide bonds. The third-order valence-corrected chi connectivity index (χ3v) is 8.06. The van der Waals surface area contributed by atoms with Gasteiger partial charge in [0, 0.05) is 47.7 Å². The first kappa shape index (κ1) is 31.4. The molecule has 2 aromatic heterocycles. The maximum absolute atomic E-state index is 10.0. The second-order valence-electron chi connectivity index (χ2n) is 11.9. The summed E-state index contributed by atoms with van der Waals surface area (Å²) in [5, 5.41) is 35.3. The van der Waals surface area contributed by atoms with Gasteiger partial charge in [-0.05, 0) is 85.3 Å². The quantitative estimate of drug-likeness (QED) is 0.105. The molecule has 0 aliphatic heterocycles. The van der Waals surface area contributed by atoms with Crippen LogP contribution in [0.2, 0.25) is 0 Å². The molecule has 9 nitrogen and oxygen atoms in total. The van der Waals surface area contributed by atoms with Crippen LogP contribution in [0.3, 0.4) is 0 Å². The minimum absolute atomic E-state index is 0.245. The summed E-state index contributed by atoms with van der Waals surface area (Å²) in [6, 6.07) is 27.7. The van der Waals surface area contributed by atoms with E-state index in [-0.39, 0.29) is 13.2 Å². The number of nitrogens with zero attached hydrogens (tertiary/aromatic N) is 2. The van der Waals surface area contributed by atoms with Gasteiger partial charge in [0.05, 0.1) is 0 Å². The van der Waals surface area contributed by atoms with Crippen LogP contribution in [0.4, 0.5) is 11.4 Å². The van der Waals surface area contributed by atoms with Crippen LogP contribution in [-0.4, -0.2) is 20.5 Å². The number of rotatable bonds is 12. The van der Waals surface area contributed by atoms with Crippen molar-refractivity contribution in [2.75, 3.05) is 10.6 Å². The molecule has 4 N–H and O–H groups in total. The molecule has 0 spiro atoms. The number of benzene rings is 4. The van der Waals surface area contributed by atoms with Gasteiger partial charge in [0.2, 0.25) is 0 Å². The van der Waals surface area contributed by atoms with Crippen LogP contribution >= 0.6 is 0 Å². The molecular formula is C38H38N4O5. The molecule has 47 heavy (non-hydrogen) atoms. The molecule has 240 valence electrons. The van der Waals surface area contributed by atoms with E-state index < -0.39 is 0 Å². The fraction of sp³-hybridized carbons (Fsp3) is 0.211. The summed E-state index contributed by atoms with van der Waals surface area (Å²) >= 11 is 0. The van der Waals surface area contributed by atoms with Gasteiger partial charge in [0.1, 0.15) is 36.1 Å². The van der Waals surface area contributed by atoms with Crippen LogP contribution in [0.5, 0.6) is 11.5 Å². The van der Waals surface area contributed by atoms with Crippen molar-refractivity contribution in [1.29, 1.82) is 0 Å². The van der Waals surface area contributed by atoms with Crippen LogP contribution in [0.1, 0.15) is 44.9 Å². The fourth-order valence-electron chi connectivity index (χ4n) is 5.51. The van der Waals surface area contributed by atoms with Crippen LogP contribution in [0.15, 0.2) is 94.0 Å². The first-order valence-electron chi connectivity index (χ1n) is 15.5. The largest absolute Gasteiger partial charge is 0.507 e. The zero-order valence-corrected chi connectivity index (χ0v) is 26.9. The van der Waals surface area contributed by atoms with Crippen LogP contribution < -0.4 is 10.6 Å². The van der Waals surface area contributed by atoms with Crippen LogP contribution in [0, 0.1) is 27.7 Å². The molecule has 0 radical (unpaired) electrons. The number of aromatic hydroxyl groups is 2. The molecule has 2 heterocycles. The molecule has 0 fully saturated rings. The highest BCUT2D eigenvalue weighted by molar-refractivity contribution is 5.63. The third-order valence-electron chi connectivity index (χ3n) is 8.06. The van der Waals surface area contributed by atoms with Gasteiger partial charge in [-0.25, -0.2) is 0 Å². The van der Waals surface area contributed by atoms with E-state index in [4.69, 9.17) is 13.8 Å². The summed E-state index contributed by atoms with van der Waals surface area (Å²) in [7, 11) is 0. The lowest BCUT2D eigenvalue weighted by molar-refractivity contribution is 0.0727. The minimum Gasteiger partial charge on any atom is -0.507 e. The smallest absolute Gasteiger partial charge is 0.163 e. The maximum Gasteiger partial charge on any atom is 0.163 e. The van der Waals surface area contributed by atoms with E-state index in [1.54, 1.807) is 0 Å². The predicted octanol–water partition coefficient (Wildman–Crippen LogP) is 8.58. The van der Waals surface area contributed by atoms with E-state index in [9.17, 15) is 10.2 Å². The average Bonchev–Trinajstić information content (AvgIpc) is 3.75. The third kappa shape index (κ3) is 7.65. The Morgan fingerprint density at radius 1 is 0.553 bits per heavy atom. The van der Waals surface area contributed by atoms with Gasteiger partial charge >= 0.3 is 0 Å². The number of nitrogens with one attached hydrogen (secondary N) is 2.